The highest BCUT2D eigenvalue weighted by molar-refractivity contribution is 5.51. The van der Waals surface area contributed by atoms with Gasteiger partial charge in [-0.25, -0.2) is 4.98 Å². The molecule has 96 valence electrons. The Labute approximate surface area is 106 Å². The van der Waals surface area contributed by atoms with E-state index in [0.29, 0.717) is 6.04 Å². The Hall–Kier alpha value is -1.59. The molecule has 0 bridgehead atoms. The predicted octanol–water partition coefficient (Wildman–Crippen LogP) is 1.55. The van der Waals surface area contributed by atoms with Crippen molar-refractivity contribution in [1.82, 2.24) is 20.2 Å². The van der Waals surface area contributed by atoms with Gasteiger partial charge in [0.05, 0.1) is 12.2 Å². The maximum absolute atomic E-state index is 5.60. The highest BCUT2D eigenvalue weighted by atomic mass is 16.3. The molecule has 0 radical (unpaired) electrons. The van der Waals surface area contributed by atoms with E-state index < -0.39 is 0 Å². The first-order valence-electron chi connectivity index (χ1n) is 6.27. The number of piperazine rings is 1. The van der Waals surface area contributed by atoms with E-state index in [0.717, 1.165) is 42.7 Å². The Kier molecular flexibility index (Phi) is 2.93. The average molecular weight is 246 g/mol. The first-order chi connectivity index (χ1) is 8.74. The third-order valence-corrected chi connectivity index (χ3v) is 3.43. The lowest BCUT2D eigenvalue weighted by molar-refractivity contribution is 0.195. The molecule has 0 aliphatic carbocycles. The SMILES string of the molecule is Cc1ccc(-c2cnc(C3CNCCN3C)[nH]2)o1. The number of furan rings is 1. The van der Waals surface area contributed by atoms with Gasteiger partial charge in [0.2, 0.25) is 0 Å². The fourth-order valence-corrected chi connectivity index (χ4v) is 2.32. The van der Waals surface area contributed by atoms with Crippen LogP contribution in [-0.4, -0.2) is 41.5 Å². The van der Waals surface area contributed by atoms with Gasteiger partial charge in [0.25, 0.3) is 0 Å². The lowest BCUT2D eigenvalue weighted by atomic mass is 10.2. The largest absolute Gasteiger partial charge is 0.460 e. The Bertz CT molecular complexity index is 531. The van der Waals surface area contributed by atoms with Crippen LogP contribution in [-0.2, 0) is 0 Å². The van der Waals surface area contributed by atoms with Gasteiger partial charge in [0.15, 0.2) is 5.76 Å². The molecule has 1 atom stereocenters. The number of H-pyrrole nitrogens is 1. The summed E-state index contributed by atoms with van der Waals surface area (Å²) in [7, 11) is 2.13. The number of aromatic nitrogens is 2. The Morgan fingerprint density at radius 2 is 2.33 bits per heavy atom. The zero-order valence-electron chi connectivity index (χ0n) is 10.7. The maximum atomic E-state index is 5.60. The van der Waals surface area contributed by atoms with Crippen molar-refractivity contribution in [3.8, 4) is 11.5 Å². The summed E-state index contributed by atoms with van der Waals surface area (Å²) in [5, 5.41) is 3.39. The van der Waals surface area contributed by atoms with E-state index in [2.05, 4.69) is 27.2 Å². The van der Waals surface area contributed by atoms with Gasteiger partial charge in [-0.3, -0.25) is 4.90 Å². The smallest absolute Gasteiger partial charge is 0.152 e. The van der Waals surface area contributed by atoms with E-state index in [-0.39, 0.29) is 0 Å². The van der Waals surface area contributed by atoms with Gasteiger partial charge < -0.3 is 14.7 Å². The van der Waals surface area contributed by atoms with E-state index >= 15 is 0 Å². The van der Waals surface area contributed by atoms with Crippen LogP contribution in [0.4, 0.5) is 0 Å². The normalized spacial score (nSPS) is 21.3. The van der Waals surface area contributed by atoms with Crippen molar-refractivity contribution in [3.05, 3.63) is 29.9 Å². The maximum Gasteiger partial charge on any atom is 0.152 e. The van der Waals surface area contributed by atoms with Crippen LogP contribution in [0.15, 0.2) is 22.7 Å². The van der Waals surface area contributed by atoms with E-state index in [1.807, 2.05) is 25.3 Å². The molecule has 0 spiro atoms. The monoisotopic (exact) mass is 246 g/mol. The lowest BCUT2D eigenvalue weighted by Gasteiger charge is -2.31. The number of nitrogens with zero attached hydrogens (tertiary/aromatic N) is 2. The number of aryl methyl sites for hydroxylation is 1. The minimum absolute atomic E-state index is 0.309. The van der Waals surface area contributed by atoms with Crippen LogP contribution >= 0.6 is 0 Å². The van der Waals surface area contributed by atoms with Crippen LogP contribution < -0.4 is 5.32 Å². The second kappa shape index (κ2) is 4.59. The van der Waals surface area contributed by atoms with Gasteiger partial charge in [0.1, 0.15) is 17.3 Å². The molecule has 0 amide bonds. The summed E-state index contributed by atoms with van der Waals surface area (Å²) in [6, 6.07) is 4.24. The van der Waals surface area contributed by atoms with Crippen molar-refractivity contribution >= 4 is 0 Å². The Morgan fingerprint density at radius 1 is 1.44 bits per heavy atom. The summed E-state index contributed by atoms with van der Waals surface area (Å²) in [6.07, 6.45) is 1.84. The molecule has 2 aromatic rings. The fourth-order valence-electron chi connectivity index (χ4n) is 2.32. The molecule has 1 aliphatic rings. The topological polar surface area (TPSA) is 57.1 Å². The van der Waals surface area contributed by atoms with Crippen molar-refractivity contribution in [2.45, 2.75) is 13.0 Å². The average Bonchev–Trinajstić information content (AvgIpc) is 2.98. The van der Waals surface area contributed by atoms with Gasteiger partial charge in [-0.15, -0.1) is 0 Å². The molecular formula is C13H18N4O. The molecule has 18 heavy (non-hydrogen) atoms. The first kappa shape index (κ1) is 11.5. The molecule has 1 unspecified atom stereocenters. The minimum atomic E-state index is 0.309. The molecule has 1 saturated heterocycles. The summed E-state index contributed by atoms with van der Waals surface area (Å²) < 4.78 is 5.60. The summed E-state index contributed by atoms with van der Waals surface area (Å²) in [5.74, 6) is 2.75. The molecule has 3 rings (SSSR count). The molecule has 5 heteroatoms. The molecule has 2 N–H and O–H groups in total. The van der Waals surface area contributed by atoms with Crippen LogP contribution in [0.3, 0.4) is 0 Å². The number of nitrogens with one attached hydrogen (secondary N) is 2. The number of imidazole rings is 1. The highest BCUT2D eigenvalue weighted by Crippen LogP contribution is 2.23. The third kappa shape index (κ3) is 2.07. The summed E-state index contributed by atoms with van der Waals surface area (Å²) in [6.45, 7) is 4.96. The van der Waals surface area contributed by atoms with Crippen LogP contribution in [0.5, 0.6) is 0 Å². The van der Waals surface area contributed by atoms with E-state index in [1.165, 1.54) is 0 Å². The van der Waals surface area contributed by atoms with Gasteiger partial charge >= 0.3 is 0 Å². The molecule has 1 aliphatic heterocycles. The van der Waals surface area contributed by atoms with Gasteiger partial charge in [-0.1, -0.05) is 0 Å². The van der Waals surface area contributed by atoms with Crippen molar-refractivity contribution in [2.24, 2.45) is 0 Å². The van der Waals surface area contributed by atoms with Crippen molar-refractivity contribution in [3.63, 3.8) is 0 Å². The fraction of sp³-hybridized carbons (Fsp3) is 0.462. The molecule has 5 nitrogen and oxygen atoms in total. The molecular weight excluding hydrogens is 228 g/mol. The quantitative estimate of drug-likeness (QED) is 0.844. The first-order valence-corrected chi connectivity index (χ1v) is 6.27. The molecule has 2 aromatic heterocycles. The summed E-state index contributed by atoms with van der Waals surface area (Å²) in [4.78, 5) is 10.1. The number of hydrogen-bond acceptors (Lipinski definition) is 4. The van der Waals surface area contributed by atoms with E-state index in [9.17, 15) is 0 Å². The second-order valence-corrected chi connectivity index (χ2v) is 4.79. The molecule has 0 aromatic carbocycles. The number of aromatic amines is 1. The van der Waals surface area contributed by atoms with E-state index in [4.69, 9.17) is 4.42 Å². The molecule has 1 fully saturated rings. The zero-order chi connectivity index (χ0) is 12.5. The van der Waals surface area contributed by atoms with Crippen LogP contribution in [0, 0.1) is 6.92 Å². The van der Waals surface area contributed by atoms with Crippen molar-refractivity contribution < 1.29 is 4.42 Å². The second-order valence-electron chi connectivity index (χ2n) is 4.79. The zero-order valence-corrected chi connectivity index (χ0v) is 10.7. The van der Waals surface area contributed by atoms with Gasteiger partial charge in [-0.05, 0) is 26.1 Å². The van der Waals surface area contributed by atoms with Crippen molar-refractivity contribution in [2.75, 3.05) is 26.7 Å². The number of hydrogen-bond donors (Lipinski definition) is 2. The van der Waals surface area contributed by atoms with Gasteiger partial charge in [-0.2, -0.15) is 0 Å². The Balaban J connectivity index is 1.84. The number of likely N-dealkylation sites (N-methyl/N-ethyl adjacent to an activating group) is 1. The highest BCUT2D eigenvalue weighted by Gasteiger charge is 2.23. The van der Waals surface area contributed by atoms with Crippen LogP contribution in [0.1, 0.15) is 17.6 Å². The number of rotatable bonds is 2. The van der Waals surface area contributed by atoms with Crippen LogP contribution in [0.2, 0.25) is 0 Å². The van der Waals surface area contributed by atoms with Gasteiger partial charge in [0, 0.05) is 19.6 Å². The summed E-state index contributed by atoms with van der Waals surface area (Å²) in [5.41, 5.74) is 0.942. The lowest BCUT2D eigenvalue weighted by Crippen LogP contribution is -2.44. The Morgan fingerprint density at radius 3 is 3.06 bits per heavy atom. The van der Waals surface area contributed by atoms with Crippen molar-refractivity contribution in [1.29, 1.82) is 0 Å². The summed E-state index contributed by atoms with van der Waals surface area (Å²) >= 11 is 0. The third-order valence-electron chi connectivity index (χ3n) is 3.43. The molecule has 3 heterocycles. The molecule has 0 saturated carbocycles. The minimum Gasteiger partial charge on any atom is -0.460 e. The standard InChI is InChI=1S/C13H18N4O/c1-9-3-4-12(18-9)10-7-15-13(16-10)11-8-14-5-6-17(11)2/h3-4,7,11,14H,5-6,8H2,1-2H3,(H,15,16). The van der Waals surface area contributed by atoms with E-state index in [1.54, 1.807) is 0 Å². The van der Waals surface area contributed by atoms with Crippen LogP contribution in [0.25, 0.3) is 11.5 Å². The predicted molar refractivity (Wildman–Crippen MR) is 69.3 cm³/mol.